The first kappa shape index (κ1) is 15.4. The highest BCUT2D eigenvalue weighted by Crippen LogP contribution is 2.29. The summed E-state index contributed by atoms with van der Waals surface area (Å²) in [5.41, 5.74) is 1.35. The Morgan fingerprint density at radius 2 is 2.00 bits per heavy atom. The molecule has 5 heteroatoms. The molecule has 0 aliphatic heterocycles. The topological polar surface area (TPSA) is 61.1 Å². The second-order valence-corrected chi connectivity index (χ2v) is 6.07. The van der Waals surface area contributed by atoms with E-state index in [1.54, 1.807) is 18.2 Å². The molecule has 21 heavy (non-hydrogen) atoms. The third-order valence-corrected chi connectivity index (χ3v) is 4.37. The number of rotatable bonds is 5. The monoisotopic (exact) mass is 317 g/mol. The van der Waals surface area contributed by atoms with Crippen LogP contribution in [0.5, 0.6) is 0 Å². The second kappa shape index (κ2) is 7.16. The number of aliphatic carboxylic acids is 1. The summed E-state index contributed by atoms with van der Waals surface area (Å²) in [5.74, 6) is -0.871. The molecule has 0 amide bonds. The largest absolute Gasteiger partial charge is 0.480 e. The average Bonchev–Trinajstić information content (AvgIpc) is 2.48. The van der Waals surface area contributed by atoms with Gasteiger partial charge < -0.3 is 5.11 Å². The van der Waals surface area contributed by atoms with E-state index in [0.717, 1.165) is 10.5 Å². The van der Waals surface area contributed by atoms with E-state index >= 15 is 0 Å². The number of carboxylic acid groups (broad SMARTS) is 1. The lowest BCUT2D eigenvalue weighted by Crippen LogP contribution is -2.19. The quantitative estimate of drug-likeness (QED) is 0.847. The first-order valence-electron chi connectivity index (χ1n) is 6.23. The Kier molecular flexibility index (Phi) is 5.26. The van der Waals surface area contributed by atoms with Crippen LogP contribution in [0, 0.1) is 11.3 Å². The molecule has 2 aromatic carbocycles. The maximum atomic E-state index is 11.4. The minimum Gasteiger partial charge on any atom is -0.480 e. The predicted octanol–water partition coefficient (Wildman–Crippen LogP) is 4.00. The van der Waals surface area contributed by atoms with E-state index in [-0.39, 0.29) is 0 Å². The van der Waals surface area contributed by atoms with E-state index in [0.29, 0.717) is 17.0 Å². The lowest BCUT2D eigenvalue weighted by atomic mass is 10.1. The Morgan fingerprint density at radius 3 is 2.57 bits per heavy atom. The zero-order valence-corrected chi connectivity index (χ0v) is 12.6. The number of carboxylic acids is 1. The van der Waals surface area contributed by atoms with Gasteiger partial charge in [-0.05, 0) is 30.2 Å². The van der Waals surface area contributed by atoms with Crippen LogP contribution in [0.15, 0.2) is 53.4 Å². The molecule has 0 saturated heterocycles. The van der Waals surface area contributed by atoms with Crippen LogP contribution in [0.2, 0.25) is 5.02 Å². The first-order valence-corrected chi connectivity index (χ1v) is 7.49. The molecular formula is C16H12ClNO2S. The number of carbonyl (C=O) groups is 1. The normalized spacial score (nSPS) is 11.6. The summed E-state index contributed by atoms with van der Waals surface area (Å²) < 4.78 is 0. The van der Waals surface area contributed by atoms with Crippen molar-refractivity contribution in [3.8, 4) is 6.07 Å². The summed E-state index contributed by atoms with van der Waals surface area (Å²) in [4.78, 5) is 12.1. The van der Waals surface area contributed by atoms with Crippen molar-refractivity contribution in [1.29, 1.82) is 5.26 Å². The second-order valence-electron chi connectivity index (χ2n) is 4.39. The lowest BCUT2D eigenvalue weighted by molar-refractivity contribution is -0.136. The SMILES string of the molecule is N#Cc1ccc(SC(Cc2ccccc2)C(=O)O)cc1Cl. The lowest BCUT2D eigenvalue weighted by Gasteiger charge is -2.12. The number of nitrogens with zero attached hydrogens (tertiary/aromatic N) is 1. The van der Waals surface area contributed by atoms with E-state index in [4.69, 9.17) is 16.9 Å². The number of thioether (sulfide) groups is 1. The van der Waals surface area contributed by atoms with Gasteiger partial charge in [-0.2, -0.15) is 5.26 Å². The van der Waals surface area contributed by atoms with Gasteiger partial charge in [-0.25, -0.2) is 0 Å². The molecule has 1 atom stereocenters. The van der Waals surface area contributed by atoms with Gasteiger partial charge in [0.25, 0.3) is 0 Å². The van der Waals surface area contributed by atoms with Crippen LogP contribution in [0.4, 0.5) is 0 Å². The molecule has 1 unspecified atom stereocenters. The number of halogens is 1. The molecular weight excluding hydrogens is 306 g/mol. The average molecular weight is 318 g/mol. The van der Waals surface area contributed by atoms with Crippen molar-refractivity contribution in [2.75, 3.05) is 0 Å². The van der Waals surface area contributed by atoms with Crippen molar-refractivity contribution in [2.24, 2.45) is 0 Å². The molecule has 0 aliphatic carbocycles. The fourth-order valence-corrected chi connectivity index (χ4v) is 3.16. The van der Waals surface area contributed by atoms with Gasteiger partial charge in [0.2, 0.25) is 0 Å². The van der Waals surface area contributed by atoms with Crippen molar-refractivity contribution in [1.82, 2.24) is 0 Å². The van der Waals surface area contributed by atoms with Gasteiger partial charge in [-0.1, -0.05) is 41.9 Å². The fourth-order valence-electron chi connectivity index (χ4n) is 1.83. The van der Waals surface area contributed by atoms with Crippen molar-refractivity contribution < 1.29 is 9.90 Å². The zero-order valence-electron chi connectivity index (χ0n) is 11.0. The highest BCUT2D eigenvalue weighted by Gasteiger charge is 2.19. The highest BCUT2D eigenvalue weighted by atomic mass is 35.5. The molecule has 106 valence electrons. The standard InChI is InChI=1S/C16H12ClNO2S/c17-14-9-13(7-6-12(14)10-18)21-15(16(19)20)8-11-4-2-1-3-5-11/h1-7,9,15H,8H2,(H,19,20). The van der Waals surface area contributed by atoms with Gasteiger partial charge in [-0.3, -0.25) is 4.79 Å². The van der Waals surface area contributed by atoms with Gasteiger partial charge in [0.05, 0.1) is 10.6 Å². The highest BCUT2D eigenvalue weighted by molar-refractivity contribution is 8.00. The molecule has 1 N–H and O–H groups in total. The molecule has 0 heterocycles. The van der Waals surface area contributed by atoms with Crippen LogP contribution in [-0.4, -0.2) is 16.3 Å². The van der Waals surface area contributed by atoms with Gasteiger partial charge >= 0.3 is 5.97 Å². The van der Waals surface area contributed by atoms with E-state index in [1.165, 1.54) is 11.8 Å². The molecule has 0 aliphatic rings. The van der Waals surface area contributed by atoms with Gasteiger partial charge in [-0.15, -0.1) is 11.8 Å². The summed E-state index contributed by atoms with van der Waals surface area (Å²) in [6.07, 6.45) is 0.429. The molecule has 0 spiro atoms. The van der Waals surface area contributed by atoms with Crippen molar-refractivity contribution in [3.63, 3.8) is 0 Å². The minimum absolute atomic E-state index is 0.339. The predicted molar refractivity (Wildman–Crippen MR) is 83.6 cm³/mol. The summed E-state index contributed by atoms with van der Waals surface area (Å²) in [6, 6.07) is 16.4. The minimum atomic E-state index is -0.871. The van der Waals surface area contributed by atoms with Gasteiger partial charge in [0.15, 0.2) is 0 Å². The Bertz CT molecular complexity index is 682. The fraction of sp³-hybridized carbons (Fsp3) is 0.125. The number of nitriles is 1. The van der Waals surface area contributed by atoms with Crippen LogP contribution >= 0.6 is 23.4 Å². The molecule has 0 saturated carbocycles. The van der Waals surface area contributed by atoms with E-state index in [9.17, 15) is 9.90 Å². The Morgan fingerprint density at radius 1 is 1.29 bits per heavy atom. The van der Waals surface area contributed by atoms with Gasteiger partial charge in [0.1, 0.15) is 11.3 Å². The smallest absolute Gasteiger partial charge is 0.317 e. The maximum Gasteiger partial charge on any atom is 0.317 e. The summed E-state index contributed by atoms with van der Waals surface area (Å²) in [7, 11) is 0. The molecule has 2 aromatic rings. The number of hydrogen-bond donors (Lipinski definition) is 1. The Hall–Kier alpha value is -1.96. The summed E-state index contributed by atoms with van der Waals surface area (Å²) in [5, 5.41) is 17.9. The third-order valence-electron chi connectivity index (χ3n) is 2.88. The Balaban J connectivity index is 2.15. The van der Waals surface area contributed by atoms with E-state index in [1.807, 2.05) is 36.4 Å². The van der Waals surface area contributed by atoms with Crippen LogP contribution < -0.4 is 0 Å². The van der Waals surface area contributed by atoms with Gasteiger partial charge in [0, 0.05) is 4.90 Å². The van der Waals surface area contributed by atoms with Crippen LogP contribution in [0.1, 0.15) is 11.1 Å². The van der Waals surface area contributed by atoms with E-state index in [2.05, 4.69) is 0 Å². The van der Waals surface area contributed by atoms with Crippen molar-refractivity contribution >= 4 is 29.3 Å². The first-order chi connectivity index (χ1) is 10.1. The molecule has 0 fully saturated rings. The van der Waals surface area contributed by atoms with Crippen LogP contribution in [0.25, 0.3) is 0 Å². The molecule has 3 nitrogen and oxygen atoms in total. The third kappa shape index (κ3) is 4.25. The van der Waals surface area contributed by atoms with Crippen LogP contribution in [0.3, 0.4) is 0 Å². The molecule has 0 bridgehead atoms. The molecule has 2 rings (SSSR count). The summed E-state index contributed by atoms with van der Waals surface area (Å²) in [6.45, 7) is 0. The zero-order chi connectivity index (χ0) is 15.2. The molecule has 0 radical (unpaired) electrons. The number of hydrogen-bond acceptors (Lipinski definition) is 3. The molecule has 0 aromatic heterocycles. The summed E-state index contributed by atoms with van der Waals surface area (Å²) >= 11 is 7.20. The van der Waals surface area contributed by atoms with Crippen molar-refractivity contribution in [3.05, 3.63) is 64.7 Å². The number of benzene rings is 2. The maximum absolute atomic E-state index is 11.4. The van der Waals surface area contributed by atoms with Crippen LogP contribution in [-0.2, 0) is 11.2 Å². The van der Waals surface area contributed by atoms with Crippen molar-refractivity contribution in [2.45, 2.75) is 16.6 Å². The Labute approximate surface area is 132 Å². The van der Waals surface area contributed by atoms with E-state index < -0.39 is 11.2 Å².